The Morgan fingerprint density at radius 3 is 2.79 bits per heavy atom. The molecule has 0 heterocycles. The fraction of sp³-hybridized carbons (Fsp3) is 0.417. The van der Waals surface area contributed by atoms with Gasteiger partial charge in [0.2, 0.25) is 5.91 Å². The molecule has 104 valence electrons. The molecule has 0 aliphatic rings. The highest BCUT2D eigenvalue weighted by Crippen LogP contribution is 2.27. The number of carbonyl (C=O) groups is 1. The summed E-state index contributed by atoms with van der Waals surface area (Å²) in [6.45, 7) is 2.18. The minimum atomic E-state index is -0.543. The van der Waals surface area contributed by atoms with Crippen LogP contribution in [0.2, 0.25) is 5.02 Å². The number of hydrogen-bond donors (Lipinski definition) is 2. The number of nitrogens with zero attached hydrogens (tertiary/aromatic N) is 1. The summed E-state index contributed by atoms with van der Waals surface area (Å²) in [7, 11) is 0. The highest BCUT2D eigenvalue weighted by atomic mass is 35.5. The maximum Gasteiger partial charge on any atom is 0.271 e. The van der Waals surface area contributed by atoms with Gasteiger partial charge in [-0.05, 0) is 12.5 Å². The number of carbonyl (C=O) groups excluding carboxylic acids is 1. The molecule has 1 rings (SSSR count). The van der Waals surface area contributed by atoms with Crippen molar-refractivity contribution < 1.29 is 9.72 Å². The Balaban J connectivity index is 2.89. The normalized spacial score (nSPS) is 11.9. The van der Waals surface area contributed by atoms with Gasteiger partial charge in [-0.1, -0.05) is 24.9 Å². The van der Waals surface area contributed by atoms with Crippen LogP contribution in [0.25, 0.3) is 0 Å². The standard InChI is InChI=1S/C12H16ClN3O3/c1-2-3-8(7-14)12(17)15-11-6-9(16(18)19)4-5-10(11)13/h4-6,8H,2-3,7,14H2,1H3,(H,15,17). The second-order valence-electron chi connectivity index (χ2n) is 4.13. The van der Waals surface area contributed by atoms with Gasteiger partial charge in [0.1, 0.15) is 0 Å². The Kier molecular flexibility index (Phi) is 5.72. The molecule has 0 aliphatic heterocycles. The molecule has 6 nitrogen and oxygen atoms in total. The maximum atomic E-state index is 11.9. The molecular formula is C12H16ClN3O3. The summed E-state index contributed by atoms with van der Waals surface area (Å²) < 4.78 is 0. The predicted octanol–water partition coefficient (Wildman–Crippen LogP) is 2.56. The highest BCUT2D eigenvalue weighted by molar-refractivity contribution is 6.33. The number of anilines is 1. The van der Waals surface area contributed by atoms with E-state index in [1.807, 2.05) is 6.92 Å². The topological polar surface area (TPSA) is 98.3 Å². The first-order chi connectivity index (χ1) is 8.99. The van der Waals surface area contributed by atoms with E-state index in [4.69, 9.17) is 17.3 Å². The van der Waals surface area contributed by atoms with Crippen molar-refractivity contribution in [1.29, 1.82) is 0 Å². The van der Waals surface area contributed by atoms with Gasteiger partial charge in [-0.2, -0.15) is 0 Å². The third kappa shape index (κ3) is 4.18. The molecule has 1 aromatic rings. The molecule has 0 aliphatic carbocycles. The van der Waals surface area contributed by atoms with Crippen LogP contribution in [0.1, 0.15) is 19.8 Å². The van der Waals surface area contributed by atoms with E-state index in [0.29, 0.717) is 6.42 Å². The van der Waals surface area contributed by atoms with Crippen LogP contribution in [0, 0.1) is 16.0 Å². The van der Waals surface area contributed by atoms with E-state index in [2.05, 4.69) is 5.32 Å². The Bertz CT molecular complexity index is 479. The molecule has 1 aromatic carbocycles. The van der Waals surface area contributed by atoms with Crippen LogP contribution >= 0.6 is 11.6 Å². The van der Waals surface area contributed by atoms with Crippen molar-refractivity contribution in [1.82, 2.24) is 0 Å². The first kappa shape index (κ1) is 15.4. The van der Waals surface area contributed by atoms with E-state index in [9.17, 15) is 14.9 Å². The summed E-state index contributed by atoms with van der Waals surface area (Å²) in [5.74, 6) is -0.591. The number of nitrogens with one attached hydrogen (secondary N) is 1. The van der Waals surface area contributed by atoms with Gasteiger partial charge in [-0.3, -0.25) is 14.9 Å². The van der Waals surface area contributed by atoms with Gasteiger partial charge in [0.15, 0.2) is 0 Å². The molecular weight excluding hydrogens is 270 g/mol. The molecule has 0 saturated carbocycles. The number of benzene rings is 1. The van der Waals surface area contributed by atoms with Crippen molar-refractivity contribution in [2.45, 2.75) is 19.8 Å². The SMILES string of the molecule is CCCC(CN)C(=O)Nc1cc([N+](=O)[O-])ccc1Cl. The van der Waals surface area contributed by atoms with E-state index in [1.54, 1.807) is 0 Å². The van der Waals surface area contributed by atoms with Crippen molar-refractivity contribution in [3.63, 3.8) is 0 Å². The average molecular weight is 286 g/mol. The molecule has 7 heteroatoms. The van der Waals surface area contributed by atoms with Crippen molar-refractivity contribution in [3.05, 3.63) is 33.3 Å². The molecule has 0 saturated heterocycles. The summed E-state index contributed by atoms with van der Waals surface area (Å²) in [5, 5.41) is 13.5. The van der Waals surface area contributed by atoms with Crippen LogP contribution in [-0.4, -0.2) is 17.4 Å². The lowest BCUT2D eigenvalue weighted by molar-refractivity contribution is -0.384. The van der Waals surface area contributed by atoms with E-state index in [0.717, 1.165) is 6.42 Å². The second kappa shape index (κ2) is 7.06. The predicted molar refractivity (Wildman–Crippen MR) is 74.2 cm³/mol. The highest BCUT2D eigenvalue weighted by Gasteiger charge is 2.18. The molecule has 1 unspecified atom stereocenters. The van der Waals surface area contributed by atoms with Crippen molar-refractivity contribution in [2.75, 3.05) is 11.9 Å². The largest absolute Gasteiger partial charge is 0.330 e. The van der Waals surface area contributed by atoms with Crippen LogP contribution in [0.15, 0.2) is 18.2 Å². The number of halogens is 1. The molecule has 0 radical (unpaired) electrons. The number of nitro groups is 1. The Morgan fingerprint density at radius 1 is 1.58 bits per heavy atom. The third-order valence-electron chi connectivity index (χ3n) is 2.71. The Morgan fingerprint density at radius 2 is 2.26 bits per heavy atom. The van der Waals surface area contributed by atoms with E-state index in [-0.39, 0.29) is 34.8 Å². The second-order valence-corrected chi connectivity index (χ2v) is 4.54. The van der Waals surface area contributed by atoms with E-state index < -0.39 is 4.92 Å². The molecule has 0 fully saturated rings. The lowest BCUT2D eigenvalue weighted by Gasteiger charge is -2.14. The summed E-state index contributed by atoms with van der Waals surface area (Å²) >= 11 is 5.90. The van der Waals surface area contributed by atoms with Gasteiger partial charge in [0.25, 0.3) is 5.69 Å². The average Bonchev–Trinajstić information content (AvgIpc) is 2.38. The Hall–Kier alpha value is -1.66. The van der Waals surface area contributed by atoms with Crippen molar-refractivity contribution in [2.24, 2.45) is 11.7 Å². The van der Waals surface area contributed by atoms with Crippen LogP contribution in [0.3, 0.4) is 0 Å². The van der Waals surface area contributed by atoms with Gasteiger partial charge in [0, 0.05) is 18.7 Å². The lowest BCUT2D eigenvalue weighted by Crippen LogP contribution is -2.29. The summed E-state index contributed by atoms with van der Waals surface area (Å²) in [6.07, 6.45) is 1.49. The number of rotatable bonds is 6. The summed E-state index contributed by atoms with van der Waals surface area (Å²) in [6, 6.07) is 3.90. The number of nitrogens with two attached hydrogens (primary N) is 1. The van der Waals surface area contributed by atoms with Crippen LogP contribution < -0.4 is 11.1 Å². The molecule has 3 N–H and O–H groups in total. The fourth-order valence-electron chi connectivity index (χ4n) is 1.66. The van der Waals surface area contributed by atoms with Gasteiger partial charge in [-0.25, -0.2) is 0 Å². The molecule has 1 atom stereocenters. The number of non-ortho nitro benzene ring substituents is 1. The molecule has 0 bridgehead atoms. The lowest BCUT2D eigenvalue weighted by atomic mass is 10.0. The third-order valence-corrected chi connectivity index (χ3v) is 3.04. The van der Waals surface area contributed by atoms with Crippen LogP contribution in [-0.2, 0) is 4.79 Å². The Labute approximate surface area is 116 Å². The van der Waals surface area contributed by atoms with Gasteiger partial charge >= 0.3 is 0 Å². The van der Waals surface area contributed by atoms with Crippen LogP contribution in [0.5, 0.6) is 0 Å². The van der Waals surface area contributed by atoms with Gasteiger partial charge in [-0.15, -0.1) is 0 Å². The molecule has 0 spiro atoms. The van der Waals surface area contributed by atoms with Crippen LogP contribution in [0.4, 0.5) is 11.4 Å². The zero-order valence-electron chi connectivity index (χ0n) is 10.6. The quantitative estimate of drug-likeness (QED) is 0.620. The zero-order valence-corrected chi connectivity index (χ0v) is 11.3. The zero-order chi connectivity index (χ0) is 14.4. The first-order valence-corrected chi connectivity index (χ1v) is 6.32. The van der Waals surface area contributed by atoms with Crippen molar-refractivity contribution >= 4 is 28.9 Å². The fourth-order valence-corrected chi connectivity index (χ4v) is 1.83. The van der Waals surface area contributed by atoms with Gasteiger partial charge < -0.3 is 11.1 Å². The van der Waals surface area contributed by atoms with Crippen molar-refractivity contribution in [3.8, 4) is 0 Å². The number of amides is 1. The monoisotopic (exact) mass is 285 g/mol. The molecule has 0 aromatic heterocycles. The first-order valence-electron chi connectivity index (χ1n) is 5.94. The molecule has 19 heavy (non-hydrogen) atoms. The van der Waals surface area contributed by atoms with E-state index in [1.165, 1.54) is 18.2 Å². The minimum Gasteiger partial charge on any atom is -0.330 e. The minimum absolute atomic E-state index is 0.125. The van der Waals surface area contributed by atoms with Gasteiger partial charge in [0.05, 0.1) is 21.6 Å². The van der Waals surface area contributed by atoms with E-state index >= 15 is 0 Å². The summed E-state index contributed by atoms with van der Waals surface area (Å²) in [5.41, 5.74) is 5.63. The number of hydrogen-bond acceptors (Lipinski definition) is 4. The smallest absolute Gasteiger partial charge is 0.271 e. The number of nitro benzene ring substituents is 1. The summed E-state index contributed by atoms with van der Waals surface area (Å²) in [4.78, 5) is 22.1. The maximum absolute atomic E-state index is 11.9. The molecule has 1 amide bonds.